The molecule has 6 heteroatoms. The van der Waals surface area contributed by atoms with E-state index in [2.05, 4.69) is 4.98 Å². The monoisotopic (exact) mass is 255 g/mol. The first-order valence-electron chi connectivity index (χ1n) is 5.65. The van der Waals surface area contributed by atoms with Crippen LogP contribution in [0.4, 0.5) is 5.82 Å². The second-order valence-electron chi connectivity index (χ2n) is 4.38. The van der Waals surface area contributed by atoms with Gasteiger partial charge in [-0.1, -0.05) is 6.07 Å². The van der Waals surface area contributed by atoms with Gasteiger partial charge in [-0.2, -0.15) is 0 Å². The normalized spacial score (nSPS) is 21.2. The fourth-order valence-electron chi connectivity index (χ4n) is 1.80. The van der Waals surface area contributed by atoms with E-state index < -0.39 is 9.84 Å². The minimum Gasteiger partial charge on any atom is -0.355 e. The molecule has 1 atom stereocenters. The molecule has 2 heterocycles. The molecule has 17 heavy (non-hydrogen) atoms. The van der Waals surface area contributed by atoms with E-state index in [9.17, 15) is 8.42 Å². The molecule has 1 aromatic rings. The van der Waals surface area contributed by atoms with Crippen molar-refractivity contribution in [2.45, 2.75) is 13.0 Å². The number of nitrogens with two attached hydrogens (primary N) is 1. The van der Waals surface area contributed by atoms with Gasteiger partial charge in [-0.15, -0.1) is 0 Å². The Bertz CT molecular complexity index is 468. The van der Waals surface area contributed by atoms with Crippen LogP contribution in [0.2, 0.25) is 0 Å². The van der Waals surface area contributed by atoms with Crippen LogP contribution in [0.15, 0.2) is 18.3 Å². The third kappa shape index (κ3) is 2.95. The van der Waals surface area contributed by atoms with Gasteiger partial charge in [0.15, 0.2) is 9.84 Å². The van der Waals surface area contributed by atoms with E-state index >= 15 is 0 Å². The average molecular weight is 255 g/mol. The summed E-state index contributed by atoms with van der Waals surface area (Å²) in [6.45, 7) is 2.95. The highest BCUT2D eigenvalue weighted by atomic mass is 32.2. The van der Waals surface area contributed by atoms with E-state index in [0.29, 0.717) is 13.1 Å². The third-order valence-corrected chi connectivity index (χ3v) is 4.57. The molecule has 2 rings (SSSR count). The summed E-state index contributed by atoms with van der Waals surface area (Å²) in [6, 6.07) is 3.81. The number of sulfone groups is 1. The SMILES string of the molecule is C[C@H](N)c1ccc(N2CCS(=O)(=O)CC2)nc1. The summed E-state index contributed by atoms with van der Waals surface area (Å²) in [4.78, 5) is 6.31. The summed E-state index contributed by atoms with van der Waals surface area (Å²) in [6.07, 6.45) is 1.75. The summed E-state index contributed by atoms with van der Waals surface area (Å²) in [5, 5.41) is 0. The lowest BCUT2D eigenvalue weighted by Gasteiger charge is -2.27. The molecule has 0 aromatic carbocycles. The van der Waals surface area contributed by atoms with Gasteiger partial charge < -0.3 is 10.6 Å². The first kappa shape index (κ1) is 12.3. The number of rotatable bonds is 2. The Morgan fingerprint density at radius 3 is 2.47 bits per heavy atom. The molecule has 0 unspecified atom stereocenters. The Morgan fingerprint density at radius 1 is 1.35 bits per heavy atom. The van der Waals surface area contributed by atoms with Crippen molar-refractivity contribution in [1.29, 1.82) is 0 Å². The summed E-state index contributed by atoms with van der Waals surface area (Å²) in [5.74, 6) is 1.25. The minimum absolute atomic E-state index is 0.0294. The Labute approximate surface area is 102 Å². The molecule has 2 N–H and O–H groups in total. The Balaban J connectivity index is 2.09. The van der Waals surface area contributed by atoms with Gasteiger partial charge in [0.2, 0.25) is 0 Å². The van der Waals surface area contributed by atoms with E-state index in [0.717, 1.165) is 11.4 Å². The van der Waals surface area contributed by atoms with Gasteiger partial charge in [-0.25, -0.2) is 13.4 Å². The van der Waals surface area contributed by atoms with E-state index in [1.807, 2.05) is 24.0 Å². The molecule has 1 aromatic heterocycles. The molecule has 0 spiro atoms. The topological polar surface area (TPSA) is 76.3 Å². The zero-order valence-corrected chi connectivity index (χ0v) is 10.7. The van der Waals surface area contributed by atoms with Crippen molar-refractivity contribution < 1.29 is 8.42 Å². The molecule has 0 aliphatic carbocycles. The zero-order chi connectivity index (χ0) is 12.5. The van der Waals surface area contributed by atoms with Crippen LogP contribution >= 0.6 is 0 Å². The Kier molecular flexibility index (Phi) is 3.35. The van der Waals surface area contributed by atoms with Gasteiger partial charge in [0, 0.05) is 25.3 Å². The van der Waals surface area contributed by atoms with Crippen LogP contribution in [0, 0.1) is 0 Å². The van der Waals surface area contributed by atoms with Crippen LogP contribution in [-0.4, -0.2) is 38.0 Å². The molecule has 5 nitrogen and oxygen atoms in total. The highest BCUT2D eigenvalue weighted by Gasteiger charge is 2.22. The smallest absolute Gasteiger partial charge is 0.153 e. The Morgan fingerprint density at radius 2 is 2.00 bits per heavy atom. The molecule has 1 aliphatic rings. The van der Waals surface area contributed by atoms with Crippen molar-refractivity contribution in [3.05, 3.63) is 23.9 Å². The minimum atomic E-state index is -2.83. The molecule has 1 aliphatic heterocycles. The lowest BCUT2D eigenvalue weighted by atomic mass is 10.1. The van der Waals surface area contributed by atoms with Gasteiger partial charge in [0.25, 0.3) is 0 Å². The molecule has 0 saturated carbocycles. The summed E-state index contributed by atoms with van der Waals surface area (Å²) >= 11 is 0. The third-order valence-electron chi connectivity index (χ3n) is 2.96. The lowest BCUT2D eigenvalue weighted by molar-refractivity contribution is 0.586. The van der Waals surface area contributed by atoms with Crippen molar-refractivity contribution in [2.75, 3.05) is 29.5 Å². The largest absolute Gasteiger partial charge is 0.355 e. The van der Waals surface area contributed by atoms with E-state index in [1.54, 1.807) is 6.20 Å². The van der Waals surface area contributed by atoms with Crippen LogP contribution in [-0.2, 0) is 9.84 Å². The number of nitrogens with zero attached hydrogens (tertiary/aromatic N) is 2. The predicted octanol–water partition coefficient (Wildman–Crippen LogP) is 0.336. The van der Waals surface area contributed by atoms with Crippen LogP contribution < -0.4 is 10.6 Å². The maximum atomic E-state index is 11.3. The van der Waals surface area contributed by atoms with Crippen LogP contribution in [0.25, 0.3) is 0 Å². The first-order chi connectivity index (χ1) is 7.98. The summed E-state index contributed by atoms with van der Waals surface area (Å²) in [5.41, 5.74) is 6.73. The highest BCUT2D eigenvalue weighted by molar-refractivity contribution is 7.91. The standard InChI is InChI=1S/C11H17N3O2S/c1-9(12)10-2-3-11(13-8-10)14-4-6-17(15,16)7-5-14/h2-3,8-9H,4-7,12H2,1H3/t9-/m0/s1. The van der Waals surface area contributed by atoms with Crippen LogP contribution in [0.5, 0.6) is 0 Å². The van der Waals surface area contributed by atoms with E-state index in [-0.39, 0.29) is 17.5 Å². The number of hydrogen-bond acceptors (Lipinski definition) is 5. The van der Waals surface area contributed by atoms with Gasteiger partial charge in [-0.3, -0.25) is 0 Å². The van der Waals surface area contributed by atoms with Gasteiger partial charge in [-0.05, 0) is 18.6 Å². The van der Waals surface area contributed by atoms with E-state index in [1.165, 1.54) is 0 Å². The lowest BCUT2D eigenvalue weighted by Crippen LogP contribution is -2.40. The first-order valence-corrected chi connectivity index (χ1v) is 7.47. The fraction of sp³-hybridized carbons (Fsp3) is 0.545. The van der Waals surface area contributed by atoms with Gasteiger partial charge in [0.05, 0.1) is 11.5 Å². The Hall–Kier alpha value is -1.14. The van der Waals surface area contributed by atoms with Crippen molar-refractivity contribution in [2.24, 2.45) is 5.73 Å². The summed E-state index contributed by atoms with van der Waals surface area (Å²) < 4.78 is 22.6. The van der Waals surface area contributed by atoms with Crippen LogP contribution in [0.3, 0.4) is 0 Å². The van der Waals surface area contributed by atoms with E-state index in [4.69, 9.17) is 5.73 Å². The number of anilines is 1. The number of hydrogen-bond donors (Lipinski definition) is 1. The molecule has 0 radical (unpaired) electrons. The van der Waals surface area contributed by atoms with Crippen LogP contribution in [0.1, 0.15) is 18.5 Å². The second-order valence-corrected chi connectivity index (χ2v) is 6.68. The van der Waals surface area contributed by atoms with Crippen molar-refractivity contribution >= 4 is 15.7 Å². The molecule has 0 bridgehead atoms. The van der Waals surface area contributed by atoms with Gasteiger partial charge in [0.1, 0.15) is 5.82 Å². The molecule has 94 valence electrons. The maximum Gasteiger partial charge on any atom is 0.153 e. The molecule has 0 amide bonds. The molecular formula is C11H17N3O2S. The zero-order valence-electron chi connectivity index (χ0n) is 9.83. The molecule has 1 fully saturated rings. The quantitative estimate of drug-likeness (QED) is 0.824. The summed E-state index contributed by atoms with van der Waals surface area (Å²) in [7, 11) is -2.83. The molecule has 1 saturated heterocycles. The number of aromatic nitrogens is 1. The van der Waals surface area contributed by atoms with Crippen molar-refractivity contribution in [3.63, 3.8) is 0 Å². The maximum absolute atomic E-state index is 11.3. The fourth-order valence-corrected chi connectivity index (χ4v) is 3.00. The molecular weight excluding hydrogens is 238 g/mol. The van der Waals surface area contributed by atoms with Crippen molar-refractivity contribution in [1.82, 2.24) is 4.98 Å². The number of pyridine rings is 1. The predicted molar refractivity (Wildman–Crippen MR) is 67.7 cm³/mol. The second kappa shape index (κ2) is 4.62. The highest BCUT2D eigenvalue weighted by Crippen LogP contribution is 2.16. The average Bonchev–Trinajstić information content (AvgIpc) is 2.29. The van der Waals surface area contributed by atoms with Gasteiger partial charge >= 0.3 is 0 Å². The van der Waals surface area contributed by atoms with Crippen molar-refractivity contribution in [3.8, 4) is 0 Å².